The number of rotatable bonds is 5. The van der Waals surface area contributed by atoms with Gasteiger partial charge < -0.3 is 10.2 Å². The third-order valence-corrected chi connectivity index (χ3v) is 7.05. The summed E-state index contributed by atoms with van der Waals surface area (Å²) in [5.41, 5.74) is 4.78. The van der Waals surface area contributed by atoms with Gasteiger partial charge in [0, 0.05) is 23.2 Å². The van der Waals surface area contributed by atoms with Gasteiger partial charge in [0.05, 0.1) is 11.3 Å². The smallest absolute Gasteiger partial charge is 0.255 e. The Morgan fingerprint density at radius 2 is 1.81 bits per heavy atom. The number of thioether (sulfide) groups is 1. The van der Waals surface area contributed by atoms with Crippen LogP contribution in [0.25, 0.3) is 0 Å². The van der Waals surface area contributed by atoms with Crippen molar-refractivity contribution in [1.82, 2.24) is 4.90 Å². The highest BCUT2D eigenvalue weighted by Gasteiger charge is 2.32. The number of hydrogen-bond donors (Lipinski definition) is 1. The molecule has 4 rings (SSSR count). The van der Waals surface area contributed by atoms with Crippen molar-refractivity contribution in [2.75, 3.05) is 12.4 Å². The van der Waals surface area contributed by atoms with Crippen LogP contribution in [0, 0.1) is 6.92 Å². The first-order valence-electron chi connectivity index (χ1n) is 10.4. The Balaban J connectivity index is 1.44. The Morgan fingerprint density at radius 1 is 1.03 bits per heavy atom. The molecular formula is C26H26N2O2S. The normalized spacial score (nSPS) is 15.8. The highest BCUT2D eigenvalue weighted by Crippen LogP contribution is 2.39. The SMILES string of the molecule is Cc1ccc2c(c1)SC(C(=O)N(C)C(C)c1cccc(NC(=O)c3ccccc3)c1)C2. The van der Waals surface area contributed by atoms with Crippen LogP contribution in [0.3, 0.4) is 0 Å². The molecule has 5 heteroatoms. The van der Waals surface area contributed by atoms with Crippen molar-refractivity contribution in [1.29, 1.82) is 0 Å². The summed E-state index contributed by atoms with van der Waals surface area (Å²) < 4.78 is 0. The maximum atomic E-state index is 13.2. The molecule has 0 spiro atoms. The van der Waals surface area contributed by atoms with Crippen LogP contribution in [0.1, 0.15) is 40.0 Å². The quantitative estimate of drug-likeness (QED) is 0.583. The Morgan fingerprint density at radius 3 is 2.58 bits per heavy atom. The summed E-state index contributed by atoms with van der Waals surface area (Å²) in [7, 11) is 1.86. The van der Waals surface area contributed by atoms with E-state index >= 15 is 0 Å². The summed E-state index contributed by atoms with van der Waals surface area (Å²) in [6.07, 6.45) is 0.767. The minimum absolute atomic E-state index is 0.0924. The van der Waals surface area contributed by atoms with E-state index in [1.54, 1.807) is 23.9 Å². The molecule has 1 aliphatic rings. The van der Waals surface area contributed by atoms with Crippen LogP contribution >= 0.6 is 11.8 Å². The minimum Gasteiger partial charge on any atom is -0.338 e. The second-order valence-corrected chi connectivity index (χ2v) is 9.24. The lowest BCUT2D eigenvalue weighted by molar-refractivity contribution is -0.131. The van der Waals surface area contributed by atoms with Crippen LogP contribution in [0.15, 0.2) is 77.7 Å². The average Bonchev–Trinajstić information content (AvgIpc) is 3.21. The molecular weight excluding hydrogens is 404 g/mol. The summed E-state index contributed by atoms with van der Waals surface area (Å²) in [6, 6.07) is 23.1. The topological polar surface area (TPSA) is 49.4 Å². The molecule has 0 aromatic heterocycles. The van der Waals surface area contributed by atoms with Crippen molar-refractivity contribution in [2.24, 2.45) is 0 Å². The maximum Gasteiger partial charge on any atom is 0.255 e. The zero-order valence-electron chi connectivity index (χ0n) is 18.0. The number of aryl methyl sites for hydroxylation is 1. The Bertz CT molecular complexity index is 1110. The zero-order valence-corrected chi connectivity index (χ0v) is 18.8. The predicted molar refractivity (Wildman–Crippen MR) is 127 cm³/mol. The molecule has 0 saturated heterocycles. The van der Waals surface area contributed by atoms with Crippen LogP contribution in [-0.2, 0) is 11.2 Å². The summed E-state index contributed by atoms with van der Waals surface area (Å²) in [4.78, 5) is 28.7. The highest BCUT2D eigenvalue weighted by molar-refractivity contribution is 8.01. The Hall–Kier alpha value is -3.05. The van der Waals surface area contributed by atoms with Crippen molar-refractivity contribution in [2.45, 2.75) is 36.5 Å². The van der Waals surface area contributed by atoms with Crippen molar-refractivity contribution < 1.29 is 9.59 Å². The molecule has 1 N–H and O–H groups in total. The monoisotopic (exact) mass is 430 g/mol. The third-order valence-electron chi connectivity index (χ3n) is 5.76. The van der Waals surface area contributed by atoms with Crippen LogP contribution in [-0.4, -0.2) is 29.0 Å². The molecule has 1 heterocycles. The molecule has 3 aromatic carbocycles. The average molecular weight is 431 g/mol. The van der Waals surface area contributed by atoms with Gasteiger partial charge in [0.1, 0.15) is 0 Å². The van der Waals surface area contributed by atoms with Gasteiger partial charge in [-0.2, -0.15) is 0 Å². The van der Waals surface area contributed by atoms with Gasteiger partial charge in [-0.25, -0.2) is 0 Å². The van der Waals surface area contributed by atoms with Crippen molar-refractivity contribution in [3.05, 3.63) is 95.1 Å². The minimum atomic E-state index is -0.148. The summed E-state index contributed by atoms with van der Waals surface area (Å²) >= 11 is 1.66. The number of benzene rings is 3. The molecule has 31 heavy (non-hydrogen) atoms. The molecule has 3 aromatic rings. The molecule has 1 aliphatic heterocycles. The van der Waals surface area contributed by atoms with Crippen LogP contribution in [0.4, 0.5) is 5.69 Å². The standard InChI is InChI=1S/C26H26N2O2S/c1-17-12-13-21-16-24(31-23(21)14-17)26(30)28(3)18(2)20-10-7-11-22(15-20)27-25(29)19-8-5-4-6-9-19/h4-15,18,24H,16H2,1-3H3,(H,27,29). The van der Waals surface area contributed by atoms with Crippen molar-refractivity contribution in [3.8, 4) is 0 Å². The lowest BCUT2D eigenvalue weighted by atomic mass is 10.0. The number of nitrogens with one attached hydrogen (secondary N) is 1. The molecule has 0 aliphatic carbocycles. The fraction of sp³-hybridized carbons (Fsp3) is 0.231. The van der Waals surface area contributed by atoms with E-state index < -0.39 is 0 Å². The van der Waals surface area contributed by atoms with Gasteiger partial charge >= 0.3 is 0 Å². The van der Waals surface area contributed by atoms with Gasteiger partial charge in [0.15, 0.2) is 0 Å². The Labute approximate surface area is 187 Å². The van der Waals surface area contributed by atoms with E-state index in [0.717, 1.165) is 17.7 Å². The van der Waals surface area contributed by atoms with Crippen LogP contribution in [0.2, 0.25) is 0 Å². The largest absolute Gasteiger partial charge is 0.338 e. The molecule has 0 bridgehead atoms. The Kier molecular flexibility index (Phi) is 6.14. The van der Waals surface area contributed by atoms with E-state index in [2.05, 4.69) is 30.4 Å². The third kappa shape index (κ3) is 4.67. The first kappa shape index (κ1) is 21.2. The maximum absolute atomic E-state index is 13.2. The van der Waals surface area contributed by atoms with E-state index in [-0.39, 0.29) is 23.1 Å². The number of hydrogen-bond acceptors (Lipinski definition) is 3. The second kappa shape index (κ2) is 8.98. The molecule has 4 nitrogen and oxygen atoms in total. The van der Waals surface area contributed by atoms with E-state index in [1.807, 2.05) is 61.3 Å². The van der Waals surface area contributed by atoms with Gasteiger partial charge in [-0.1, -0.05) is 48.0 Å². The lowest BCUT2D eigenvalue weighted by Gasteiger charge is -2.28. The molecule has 0 radical (unpaired) electrons. The fourth-order valence-corrected chi connectivity index (χ4v) is 5.18. The number of nitrogens with zero attached hydrogens (tertiary/aromatic N) is 1. The number of fused-ring (bicyclic) bond motifs is 1. The van der Waals surface area contributed by atoms with Gasteiger partial charge in [-0.05, 0) is 61.7 Å². The predicted octanol–water partition coefficient (Wildman–Crippen LogP) is 5.48. The molecule has 0 fully saturated rings. The van der Waals surface area contributed by atoms with E-state index in [0.29, 0.717) is 5.56 Å². The summed E-state index contributed by atoms with van der Waals surface area (Å²) in [5, 5.41) is 2.85. The molecule has 158 valence electrons. The van der Waals surface area contributed by atoms with Gasteiger partial charge in [0.25, 0.3) is 5.91 Å². The number of carbonyl (C=O) groups is 2. The van der Waals surface area contributed by atoms with Crippen molar-refractivity contribution in [3.63, 3.8) is 0 Å². The van der Waals surface area contributed by atoms with Gasteiger partial charge in [-0.3, -0.25) is 9.59 Å². The fourth-order valence-electron chi connectivity index (χ4n) is 3.78. The van der Waals surface area contributed by atoms with Crippen LogP contribution in [0.5, 0.6) is 0 Å². The molecule has 0 saturated carbocycles. The molecule has 2 unspecified atom stereocenters. The first-order chi connectivity index (χ1) is 14.9. The number of amides is 2. The van der Waals surface area contributed by atoms with E-state index in [9.17, 15) is 9.59 Å². The van der Waals surface area contributed by atoms with Gasteiger partial charge in [0.2, 0.25) is 5.91 Å². The molecule has 2 atom stereocenters. The van der Waals surface area contributed by atoms with Crippen LogP contribution < -0.4 is 5.32 Å². The number of anilines is 1. The first-order valence-corrected chi connectivity index (χ1v) is 11.3. The number of carbonyl (C=O) groups excluding carboxylic acids is 2. The van der Waals surface area contributed by atoms with E-state index in [4.69, 9.17) is 0 Å². The van der Waals surface area contributed by atoms with Crippen molar-refractivity contribution >= 4 is 29.3 Å². The van der Waals surface area contributed by atoms with E-state index in [1.165, 1.54) is 16.0 Å². The summed E-state index contributed by atoms with van der Waals surface area (Å²) in [6.45, 7) is 4.10. The summed E-state index contributed by atoms with van der Waals surface area (Å²) in [5.74, 6) is -0.0182. The highest BCUT2D eigenvalue weighted by atomic mass is 32.2. The van der Waals surface area contributed by atoms with Gasteiger partial charge in [-0.15, -0.1) is 11.8 Å². The second-order valence-electron chi connectivity index (χ2n) is 7.99. The molecule has 2 amide bonds. The lowest BCUT2D eigenvalue weighted by Crippen LogP contribution is -2.36. The zero-order chi connectivity index (χ0) is 22.0.